The maximum absolute atomic E-state index is 12.7. The van der Waals surface area contributed by atoms with Gasteiger partial charge in [0.15, 0.2) is 0 Å². The van der Waals surface area contributed by atoms with E-state index in [1.807, 2.05) is 4.90 Å². The largest absolute Gasteiger partial charge is 0.497 e. The summed E-state index contributed by atoms with van der Waals surface area (Å²) in [7, 11) is 3.13. The number of ether oxygens (including phenoxy) is 2. The fourth-order valence-electron chi connectivity index (χ4n) is 3.55. The van der Waals surface area contributed by atoms with Crippen LogP contribution in [0.5, 0.6) is 11.5 Å². The summed E-state index contributed by atoms with van der Waals surface area (Å²) in [5.41, 5.74) is 0.520. The molecule has 5 heteroatoms. The molecule has 1 aromatic rings. The SMILES string of the molecule is COc1ccc(OC)c(C(=O)N2CC3CCC(O)C3C2)c1. The van der Waals surface area contributed by atoms with Crippen LogP contribution < -0.4 is 9.47 Å². The van der Waals surface area contributed by atoms with Gasteiger partial charge in [0.1, 0.15) is 11.5 Å². The second kappa shape index (κ2) is 5.56. The molecule has 1 saturated heterocycles. The van der Waals surface area contributed by atoms with Crippen LogP contribution in [0, 0.1) is 11.8 Å². The van der Waals surface area contributed by atoms with Gasteiger partial charge in [-0.25, -0.2) is 0 Å². The molecule has 1 aliphatic heterocycles. The lowest BCUT2D eigenvalue weighted by Crippen LogP contribution is -2.31. The lowest BCUT2D eigenvalue weighted by molar-refractivity contribution is 0.0749. The third-order valence-electron chi connectivity index (χ3n) is 4.74. The normalized spacial score (nSPS) is 27.6. The second-order valence-corrected chi connectivity index (χ2v) is 5.84. The first-order valence-corrected chi connectivity index (χ1v) is 7.33. The van der Waals surface area contributed by atoms with Gasteiger partial charge in [-0.3, -0.25) is 4.79 Å². The van der Waals surface area contributed by atoms with E-state index in [0.29, 0.717) is 29.5 Å². The molecule has 3 rings (SSSR count). The number of benzene rings is 1. The first-order valence-electron chi connectivity index (χ1n) is 7.33. The summed E-state index contributed by atoms with van der Waals surface area (Å²) in [6.45, 7) is 1.35. The van der Waals surface area contributed by atoms with Crippen LogP contribution in [0.15, 0.2) is 18.2 Å². The van der Waals surface area contributed by atoms with Crippen LogP contribution in [0.1, 0.15) is 23.2 Å². The maximum atomic E-state index is 12.7. The monoisotopic (exact) mass is 291 g/mol. The van der Waals surface area contributed by atoms with Crippen LogP contribution in [0.4, 0.5) is 0 Å². The van der Waals surface area contributed by atoms with Gasteiger partial charge in [0.05, 0.1) is 25.9 Å². The average molecular weight is 291 g/mol. The van der Waals surface area contributed by atoms with E-state index in [1.165, 1.54) is 0 Å². The standard InChI is InChI=1S/C16H21NO4/c1-20-11-4-6-15(21-2)12(7-11)16(19)17-8-10-3-5-14(18)13(10)9-17/h4,6-7,10,13-14,18H,3,5,8-9H2,1-2H3. The Morgan fingerprint density at radius 1 is 1.24 bits per heavy atom. The minimum atomic E-state index is -0.264. The molecule has 1 aromatic carbocycles. The number of carbonyl (C=O) groups is 1. The molecular weight excluding hydrogens is 270 g/mol. The number of hydrogen-bond donors (Lipinski definition) is 1. The third kappa shape index (κ3) is 2.46. The predicted molar refractivity (Wildman–Crippen MR) is 77.7 cm³/mol. The Hall–Kier alpha value is -1.75. The van der Waals surface area contributed by atoms with E-state index in [-0.39, 0.29) is 17.9 Å². The Morgan fingerprint density at radius 3 is 2.71 bits per heavy atom. The van der Waals surface area contributed by atoms with Gasteiger partial charge in [0.25, 0.3) is 5.91 Å². The molecule has 1 amide bonds. The van der Waals surface area contributed by atoms with Crippen LogP contribution in [0.25, 0.3) is 0 Å². The number of aliphatic hydroxyl groups excluding tert-OH is 1. The molecule has 1 saturated carbocycles. The third-order valence-corrected chi connectivity index (χ3v) is 4.74. The number of rotatable bonds is 3. The van der Waals surface area contributed by atoms with Crippen molar-refractivity contribution < 1.29 is 19.4 Å². The van der Waals surface area contributed by atoms with E-state index in [9.17, 15) is 9.90 Å². The average Bonchev–Trinajstić information content (AvgIpc) is 3.08. The van der Waals surface area contributed by atoms with E-state index < -0.39 is 0 Å². The summed E-state index contributed by atoms with van der Waals surface area (Å²) in [5, 5.41) is 9.97. The number of hydrogen-bond acceptors (Lipinski definition) is 4. The zero-order valence-corrected chi connectivity index (χ0v) is 12.4. The van der Waals surface area contributed by atoms with E-state index in [1.54, 1.807) is 32.4 Å². The molecule has 2 aliphatic rings. The van der Waals surface area contributed by atoms with Gasteiger partial charge >= 0.3 is 0 Å². The molecule has 2 fully saturated rings. The van der Waals surface area contributed by atoms with E-state index in [0.717, 1.165) is 19.4 Å². The Balaban J connectivity index is 1.82. The zero-order chi connectivity index (χ0) is 15.0. The summed E-state index contributed by atoms with van der Waals surface area (Å²) in [6, 6.07) is 5.24. The first-order chi connectivity index (χ1) is 10.1. The minimum Gasteiger partial charge on any atom is -0.497 e. The number of amides is 1. The quantitative estimate of drug-likeness (QED) is 0.918. The topological polar surface area (TPSA) is 59.0 Å². The molecule has 3 unspecified atom stereocenters. The van der Waals surface area contributed by atoms with Gasteiger partial charge in [-0.15, -0.1) is 0 Å². The van der Waals surface area contributed by atoms with Crippen LogP contribution in [0.2, 0.25) is 0 Å². The maximum Gasteiger partial charge on any atom is 0.257 e. The smallest absolute Gasteiger partial charge is 0.257 e. The van der Waals surface area contributed by atoms with Crippen LogP contribution in [0.3, 0.4) is 0 Å². The lowest BCUT2D eigenvalue weighted by atomic mass is 10.00. The zero-order valence-electron chi connectivity index (χ0n) is 12.4. The van der Waals surface area contributed by atoms with Crippen molar-refractivity contribution in [2.24, 2.45) is 11.8 Å². The van der Waals surface area contributed by atoms with Gasteiger partial charge in [0, 0.05) is 19.0 Å². The minimum absolute atomic E-state index is 0.0487. The van der Waals surface area contributed by atoms with Gasteiger partial charge in [0.2, 0.25) is 0 Å². The van der Waals surface area contributed by atoms with Crippen LogP contribution >= 0.6 is 0 Å². The van der Waals surface area contributed by atoms with Gasteiger partial charge in [-0.1, -0.05) is 0 Å². The summed E-state index contributed by atoms with van der Waals surface area (Å²) in [6.07, 6.45) is 1.60. The van der Waals surface area contributed by atoms with Crippen LogP contribution in [-0.4, -0.2) is 49.3 Å². The summed E-state index contributed by atoms with van der Waals surface area (Å²) < 4.78 is 10.5. The molecule has 1 N–H and O–H groups in total. The Morgan fingerprint density at radius 2 is 2.05 bits per heavy atom. The highest BCUT2D eigenvalue weighted by atomic mass is 16.5. The first kappa shape index (κ1) is 14.2. The van der Waals surface area contributed by atoms with Crippen molar-refractivity contribution in [1.29, 1.82) is 0 Å². The van der Waals surface area contributed by atoms with E-state index >= 15 is 0 Å². The molecule has 5 nitrogen and oxygen atoms in total. The number of fused-ring (bicyclic) bond motifs is 1. The fraction of sp³-hybridized carbons (Fsp3) is 0.562. The van der Waals surface area contributed by atoms with Crippen molar-refractivity contribution in [3.63, 3.8) is 0 Å². The van der Waals surface area contributed by atoms with Crippen molar-refractivity contribution >= 4 is 5.91 Å². The summed E-state index contributed by atoms with van der Waals surface area (Å²) in [5.74, 6) is 1.80. The number of likely N-dealkylation sites (tertiary alicyclic amines) is 1. The highest BCUT2D eigenvalue weighted by Gasteiger charge is 2.43. The highest BCUT2D eigenvalue weighted by molar-refractivity contribution is 5.97. The summed E-state index contributed by atoms with van der Waals surface area (Å²) in [4.78, 5) is 14.6. The van der Waals surface area contributed by atoms with Gasteiger partial charge < -0.3 is 19.5 Å². The summed E-state index contributed by atoms with van der Waals surface area (Å²) >= 11 is 0. The molecule has 114 valence electrons. The van der Waals surface area contributed by atoms with Crippen molar-refractivity contribution in [2.45, 2.75) is 18.9 Å². The number of carbonyl (C=O) groups excluding carboxylic acids is 1. The van der Waals surface area contributed by atoms with Crippen molar-refractivity contribution in [3.8, 4) is 11.5 Å². The molecule has 0 bridgehead atoms. The highest BCUT2D eigenvalue weighted by Crippen LogP contribution is 2.39. The second-order valence-electron chi connectivity index (χ2n) is 5.84. The molecule has 0 spiro atoms. The molecule has 3 atom stereocenters. The number of aliphatic hydroxyl groups is 1. The lowest BCUT2D eigenvalue weighted by Gasteiger charge is -2.20. The Labute approximate surface area is 124 Å². The molecule has 1 heterocycles. The van der Waals surface area contributed by atoms with Crippen molar-refractivity contribution in [3.05, 3.63) is 23.8 Å². The van der Waals surface area contributed by atoms with Crippen molar-refractivity contribution in [2.75, 3.05) is 27.3 Å². The number of methoxy groups -OCH3 is 2. The fourth-order valence-corrected chi connectivity index (χ4v) is 3.55. The molecule has 21 heavy (non-hydrogen) atoms. The van der Waals surface area contributed by atoms with Crippen LogP contribution in [-0.2, 0) is 0 Å². The molecule has 1 aliphatic carbocycles. The van der Waals surface area contributed by atoms with E-state index in [4.69, 9.17) is 9.47 Å². The Kier molecular flexibility index (Phi) is 3.76. The predicted octanol–water partition coefficient (Wildman–Crippen LogP) is 1.55. The molecule has 0 radical (unpaired) electrons. The van der Waals surface area contributed by atoms with E-state index in [2.05, 4.69) is 0 Å². The Bertz CT molecular complexity index is 545. The van der Waals surface area contributed by atoms with Gasteiger partial charge in [-0.2, -0.15) is 0 Å². The molecular formula is C16H21NO4. The van der Waals surface area contributed by atoms with Gasteiger partial charge in [-0.05, 0) is 37.0 Å². The molecule has 0 aromatic heterocycles. The van der Waals surface area contributed by atoms with Crippen molar-refractivity contribution in [1.82, 2.24) is 4.90 Å². The number of nitrogens with zero attached hydrogens (tertiary/aromatic N) is 1.